The van der Waals surface area contributed by atoms with Gasteiger partial charge in [-0.2, -0.15) is 4.31 Å². The molecular formula is C14H18N2O3S2. The fourth-order valence-corrected chi connectivity index (χ4v) is 4.43. The van der Waals surface area contributed by atoms with Crippen LogP contribution in [0.1, 0.15) is 25.7 Å². The van der Waals surface area contributed by atoms with Crippen LogP contribution in [0.15, 0.2) is 27.5 Å². The number of oxazole rings is 1. The van der Waals surface area contributed by atoms with Crippen molar-refractivity contribution in [2.75, 3.05) is 13.1 Å². The third kappa shape index (κ3) is 2.65. The Bertz CT molecular complexity index is 812. The van der Waals surface area contributed by atoms with Crippen molar-refractivity contribution in [3.63, 3.8) is 0 Å². The molecule has 3 rings (SSSR count). The minimum Gasteiger partial charge on any atom is -0.429 e. The minimum atomic E-state index is -3.45. The number of sulfonamides is 1. The highest BCUT2D eigenvalue weighted by Gasteiger charge is 2.25. The zero-order chi connectivity index (χ0) is 15.0. The van der Waals surface area contributed by atoms with E-state index in [1.165, 1.54) is 0 Å². The molecule has 1 aromatic heterocycles. The van der Waals surface area contributed by atoms with Crippen LogP contribution in [0.3, 0.4) is 0 Å². The molecule has 0 aliphatic carbocycles. The zero-order valence-electron chi connectivity index (χ0n) is 11.9. The Kier molecular flexibility index (Phi) is 3.90. The van der Waals surface area contributed by atoms with Crippen molar-refractivity contribution in [2.24, 2.45) is 7.05 Å². The van der Waals surface area contributed by atoms with Crippen molar-refractivity contribution in [1.29, 1.82) is 0 Å². The Hall–Kier alpha value is -1.18. The van der Waals surface area contributed by atoms with Gasteiger partial charge in [-0.15, -0.1) is 0 Å². The highest BCUT2D eigenvalue weighted by atomic mass is 32.2. The predicted octanol–water partition coefficient (Wildman–Crippen LogP) is 3.07. The van der Waals surface area contributed by atoms with Gasteiger partial charge in [-0.3, -0.25) is 0 Å². The first-order valence-electron chi connectivity index (χ1n) is 7.10. The predicted molar refractivity (Wildman–Crippen MR) is 83.2 cm³/mol. The lowest BCUT2D eigenvalue weighted by Gasteiger charge is -2.19. The number of hydrogen-bond donors (Lipinski definition) is 0. The van der Waals surface area contributed by atoms with Gasteiger partial charge >= 0.3 is 0 Å². The quantitative estimate of drug-likeness (QED) is 0.796. The van der Waals surface area contributed by atoms with Gasteiger partial charge in [0, 0.05) is 26.2 Å². The maximum absolute atomic E-state index is 12.7. The van der Waals surface area contributed by atoms with Crippen LogP contribution in [-0.4, -0.2) is 30.4 Å². The summed E-state index contributed by atoms with van der Waals surface area (Å²) in [5, 5.41) is 0. The van der Waals surface area contributed by atoms with Gasteiger partial charge in [-0.1, -0.05) is 12.8 Å². The largest absolute Gasteiger partial charge is 0.429 e. The van der Waals surface area contributed by atoms with Crippen molar-refractivity contribution < 1.29 is 12.8 Å². The second-order valence-corrected chi connectivity index (χ2v) is 7.66. The fraction of sp³-hybridized carbons (Fsp3) is 0.500. The monoisotopic (exact) mass is 326 g/mol. The van der Waals surface area contributed by atoms with E-state index in [1.54, 1.807) is 34.1 Å². The van der Waals surface area contributed by atoms with Crippen molar-refractivity contribution in [2.45, 2.75) is 30.6 Å². The number of benzene rings is 1. The Labute approximate surface area is 129 Å². The third-order valence-electron chi connectivity index (χ3n) is 3.97. The van der Waals surface area contributed by atoms with Gasteiger partial charge in [0.25, 0.3) is 4.84 Å². The molecule has 0 saturated carbocycles. The van der Waals surface area contributed by atoms with Crippen molar-refractivity contribution in [3.8, 4) is 0 Å². The second kappa shape index (κ2) is 5.55. The van der Waals surface area contributed by atoms with Gasteiger partial charge in [0.15, 0.2) is 5.58 Å². The van der Waals surface area contributed by atoms with Gasteiger partial charge in [-0.25, -0.2) is 8.42 Å². The number of aromatic nitrogens is 1. The van der Waals surface area contributed by atoms with E-state index in [0.29, 0.717) is 23.5 Å². The van der Waals surface area contributed by atoms with Crippen LogP contribution in [0.2, 0.25) is 0 Å². The second-order valence-electron chi connectivity index (χ2n) is 5.37. The lowest BCUT2D eigenvalue weighted by atomic mass is 10.2. The van der Waals surface area contributed by atoms with Crippen LogP contribution in [0.4, 0.5) is 0 Å². The molecule has 7 heteroatoms. The highest BCUT2D eigenvalue weighted by molar-refractivity contribution is 7.89. The summed E-state index contributed by atoms with van der Waals surface area (Å²) in [5.41, 5.74) is 1.31. The summed E-state index contributed by atoms with van der Waals surface area (Å²) in [6.45, 7) is 1.19. The maximum atomic E-state index is 12.7. The number of fused-ring (bicyclic) bond motifs is 1. The summed E-state index contributed by atoms with van der Waals surface area (Å²) in [7, 11) is -1.65. The Morgan fingerprint density at radius 1 is 1.14 bits per heavy atom. The van der Waals surface area contributed by atoms with Crippen molar-refractivity contribution in [1.82, 2.24) is 8.87 Å². The summed E-state index contributed by atoms with van der Waals surface area (Å²) in [6, 6.07) is 4.96. The van der Waals surface area contributed by atoms with Crippen LogP contribution in [-0.2, 0) is 17.1 Å². The molecule has 0 radical (unpaired) electrons. The first kappa shape index (κ1) is 14.7. The molecule has 21 heavy (non-hydrogen) atoms. The number of nitrogens with zero attached hydrogens (tertiary/aromatic N) is 2. The first-order valence-corrected chi connectivity index (χ1v) is 8.95. The van der Waals surface area contributed by atoms with Gasteiger partial charge in [0.05, 0.1) is 10.4 Å². The third-order valence-corrected chi connectivity index (χ3v) is 6.22. The minimum absolute atomic E-state index is 0.279. The summed E-state index contributed by atoms with van der Waals surface area (Å²) >= 11 is 5.07. The first-order chi connectivity index (χ1) is 10.00. The molecule has 0 amide bonds. The molecule has 2 heterocycles. The van der Waals surface area contributed by atoms with Crippen LogP contribution >= 0.6 is 12.2 Å². The average molecular weight is 326 g/mol. The molecular weight excluding hydrogens is 308 g/mol. The van der Waals surface area contributed by atoms with E-state index in [-0.39, 0.29) is 4.90 Å². The zero-order valence-corrected chi connectivity index (χ0v) is 13.5. The molecule has 1 aliphatic heterocycles. The Morgan fingerprint density at radius 2 is 1.81 bits per heavy atom. The van der Waals surface area contributed by atoms with E-state index in [0.717, 1.165) is 31.2 Å². The number of rotatable bonds is 2. The topological polar surface area (TPSA) is 55.5 Å². The van der Waals surface area contributed by atoms with Gasteiger partial charge in [-0.05, 0) is 37.2 Å². The van der Waals surface area contributed by atoms with E-state index in [1.807, 2.05) is 0 Å². The van der Waals surface area contributed by atoms with Gasteiger partial charge < -0.3 is 8.98 Å². The van der Waals surface area contributed by atoms with Gasteiger partial charge in [0.2, 0.25) is 10.0 Å². The van der Waals surface area contributed by atoms with E-state index in [4.69, 9.17) is 16.6 Å². The number of aryl methyl sites for hydroxylation is 1. The van der Waals surface area contributed by atoms with E-state index in [2.05, 4.69) is 0 Å². The Balaban J connectivity index is 2.03. The lowest BCUT2D eigenvalue weighted by Crippen LogP contribution is -2.31. The van der Waals surface area contributed by atoms with Crippen LogP contribution in [0, 0.1) is 4.84 Å². The SMILES string of the molecule is Cn1c(=S)oc2cc(S(=O)(=O)N3CCCCCC3)ccc21. The smallest absolute Gasteiger partial charge is 0.269 e. The fourth-order valence-electron chi connectivity index (χ4n) is 2.71. The normalized spacial score (nSPS) is 18.0. The van der Waals surface area contributed by atoms with E-state index < -0.39 is 10.0 Å². The summed E-state index contributed by atoms with van der Waals surface area (Å²) in [5.74, 6) is 0. The molecule has 1 saturated heterocycles. The van der Waals surface area contributed by atoms with E-state index in [9.17, 15) is 8.42 Å². The molecule has 0 unspecified atom stereocenters. The molecule has 114 valence electrons. The Morgan fingerprint density at radius 3 is 2.48 bits per heavy atom. The summed E-state index contributed by atoms with van der Waals surface area (Å²) < 4.78 is 34.2. The molecule has 0 N–H and O–H groups in total. The highest BCUT2D eigenvalue weighted by Crippen LogP contribution is 2.24. The molecule has 1 fully saturated rings. The van der Waals surface area contributed by atoms with Crippen LogP contribution in [0.25, 0.3) is 11.1 Å². The lowest BCUT2D eigenvalue weighted by molar-refractivity contribution is 0.423. The molecule has 0 spiro atoms. The molecule has 0 atom stereocenters. The van der Waals surface area contributed by atoms with E-state index >= 15 is 0 Å². The molecule has 1 aliphatic rings. The maximum Gasteiger partial charge on any atom is 0.269 e. The molecule has 5 nitrogen and oxygen atoms in total. The molecule has 2 aromatic rings. The molecule has 1 aromatic carbocycles. The average Bonchev–Trinajstić information content (AvgIpc) is 2.67. The summed E-state index contributed by atoms with van der Waals surface area (Å²) in [6.07, 6.45) is 4.04. The summed E-state index contributed by atoms with van der Waals surface area (Å²) in [4.78, 5) is 0.621. The number of hydrogen-bond acceptors (Lipinski definition) is 4. The standard InChI is InChI=1S/C14H18N2O3S2/c1-15-12-7-6-11(10-13(12)19-14(15)20)21(17,18)16-8-4-2-3-5-9-16/h6-7,10H,2-5,8-9H2,1H3. The van der Waals surface area contributed by atoms with Crippen molar-refractivity contribution in [3.05, 3.63) is 23.0 Å². The van der Waals surface area contributed by atoms with Crippen LogP contribution in [0.5, 0.6) is 0 Å². The van der Waals surface area contributed by atoms with Crippen LogP contribution < -0.4 is 0 Å². The van der Waals surface area contributed by atoms with Gasteiger partial charge in [0.1, 0.15) is 0 Å². The molecule has 0 bridgehead atoms. The van der Waals surface area contributed by atoms with Crippen molar-refractivity contribution >= 4 is 33.3 Å².